The van der Waals surface area contributed by atoms with Crippen LogP contribution in [-0.2, 0) is 6.42 Å². The zero-order valence-electron chi connectivity index (χ0n) is 21.0. The minimum absolute atomic E-state index is 0.0634. The molecule has 3 heterocycles. The minimum Gasteiger partial charge on any atom is -0.371 e. The summed E-state index contributed by atoms with van der Waals surface area (Å²) in [7, 11) is 0. The highest BCUT2D eigenvalue weighted by molar-refractivity contribution is 5.93. The molecule has 4 rings (SSSR count). The summed E-state index contributed by atoms with van der Waals surface area (Å²) in [6.45, 7) is 13.1. The number of fused-ring (bicyclic) bond motifs is 1. The summed E-state index contributed by atoms with van der Waals surface area (Å²) in [5, 5.41) is 4.66. The van der Waals surface area contributed by atoms with Crippen molar-refractivity contribution in [3.05, 3.63) is 47.5 Å². The van der Waals surface area contributed by atoms with E-state index in [9.17, 15) is 4.79 Å². The first-order chi connectivity index (χ1) is 16.4. The number of amides is 1. The summed E-state index contributed by atoms with van der Waals surface area (Å²) < 4.78 is 16.9. The second-order valence-corrected chi connectivity index (χ2v) is 9.55. The number of anilines is 1. The van der Waals surface area contributed by atoms with Gasteiger partial charge in [0.2, 0.25) is 0 Å². The van der Waals surface area contributed by atoms with Crippen molar-refractivity contribution >= 4 is 17.2 Å². The third-order valence-corrected chi connectivity index (χ3v) is 6.95. The van der Waals surface area contributed by atoms with Crippen LogP contribution in [0.4, 0.5) is 10.1 Å². The molecule has 1 amide bonds. The molecule has 0 bridgehead atoms. The molecule has 1 aromatic carbocycles. The highest BCUT2D eigenvalue weighted by atomic mass is 19.1. The van der Waals surface area contributed by atoms with E-state index in [1.165, 1.54) is 0 Å². The van der Waals surface area contributed by atoms with Crippen molar-refractivity contribution < 1.29 is 9.18 Å². The number of hydrogen-bond donors (Lipinski definition) is 0. The van der Waals surface area contributed by atoms with E-state index < -0.39 is 0 Å². The third kappa shape index (κ3) is 4.65. The summed E-state index contributed by atoms with van der Waals surface area (Å²) in [6, 6.07) is 9.12. The van der Waals surface area contributed by atoms with Gasteiger partial charge >= 0.3 is 0 Å². The number of aromatic nitrogens is 3. The van der Waals surface area contributed by atoms with Crippen LogP contribution in [0.3, 0.4) is 0 Å². The molecule has 0 spiro atoms. The number of hydrogen-bond acceptors (Lipinski definition) is 4. The van der Waals surface area contributed by atoms with E-state index in [1.54, 1.807) is 22.7 Å². The van der Waals surface area contributed by atoms with Crippen LogP contribution in [-0.4, -0.2) is 51.1 Å². The van der Waals surface area contributed by atoms with Gasteiger partial charge in [0.25, 0.3) is 5.91 Å². The molecule has 0 radical (unpaired) electrons. The van der Waals surface area contributed by atoms with E-state index in [1.807, 2.05) is 24.0 Å². The van der Waals surface area contributed by atoms with Crippen molar-refractivity contribution in [1.82, 2.24) is 19.5 Å². The van der Waals surface area contributed by atoms with Crippen LogP contribution < -0.4 is 4.90 Å². The third-order valence-electron chi connectivity index (χ3n) is 6.95. The molecule has 0 saturated carbocycles. The Kier molecular flexibility index (Phi) is 7.19. The molecule has 0 unspecified atom stereocenters. The Bertz CT molecular complexity index is 1170. The largest absolute Gasteiger partial charge is 0.371 e. The standard InChI is InChI=1S/C27H36FN5O/c1-6-12-32(19(5)7-2)27(34)25-15-20(8-3)33-26(29-25)16-24(30-33)22-10-9-21(14-23(22)28)31-13-11-18(4)17-31/h9-10,14-16,18-19H,6-8,11-13,17H2,1-5H3/t18-,19-/m1/s1. The molecular weight excluding hydrogens is 429 g/mol. The number of benzene rings is 1. The average molecular weight is 466 g/mol. The van der Waals surface area contributed by atoms with Gasteiger partial charge in [0, 0.05) is 48.7 Å². The van der Waals surface area contributed by atoms with Crippen LogP contribution in [0.1, 0.15) is 70.1 Å². The predicted molar refractivity (Wildman–Crippen MR) is 135 cm³/mol. The van der Waals surface area contributed by atoms with Crippen molar-refractivity contribution in [3.63, 3.8) is 0 Å². The number of halogens is 1. The molecule has 1 aliphatic heterocycles. The molecule has 2 aromatic heterocycles. The Labute approximate surface area is 201 Å². The van der Waals surface area contributed by atoms with E-state index >= 15 is 4.39 Å². The van der Waals surface area contributed by atoms with E-state index in [2.05, 4.69) is 42.7 Å². The highest BCUT2D eigenvalue weighted by Gasteiger charge is 2.24. The Morgan fingerprint density at radius 3 is 2.65 bits per heavy atom. The van der Waals surface area contributed by atoms with Gasteiger partial charge in [0.15, 0.2) is 5.65 Å². The SMILES string of the molecule is CCCN(C(=O)c1cc(CC)n2nc(-c3ccc(N4CC[C@@H](C)C4)cc3F)cc2n1)[C@H](C)CC. The van der Waals surface area contributed by atoms with Crippen LogP contribution in [0.2, 0.25) is 0 Å². The number of nitrogens with zero attached hydrogens (tertiary/aromatic N) is 5. The lowest BCUT2D eigenvalue weighted by Crippen LogP contribution is -2.39. The monoisotopic (exact) mass is 465 g/mol. The topological polar surface area (TPSA) is 53.7 Å². The molecule has 6 nitrogen and oxygen atoms in total. The fraction of sp³-hybridized carbons (Fsp3) is 0.519. The van der Waals surface area contributed by atoms with E-state index in [0.29, 0.717) is 41.5 Å². The normalized spacial score (nSPS) is 16.9. The van der Waals surface area contributed by atoms with Crippen molar-refractivity contribution in [2.24, 2.45) is 5.92 Å². The molecule has 182 valence electrons. The van der Waals surface area contributed by atoms with Gasteiger partial charge in [-0.25, -0.2) is 13.9 Å². The van der Waals surface area contributed by atoms with E-state index in [-0.39, 0.29) is 17.8 Å². The second kappa shape index (κ2) is 10.1. The lowest BCUT2D eigenvalue weighted by atomic mass is 10.1. The van der Waals surface area contributed by atoms with Gasteiger partial charge in [-0.15, -0.1) is 0 Å². The first-order valence-corrected chi connectivity index (χ1v) is 12.6. The number of carbonyl (C=O) groups excluding carboxylic acids is 1. The highest BCUT2D eigenvalue weighted by Crippen LogP contribution is 2.30. The fourth-order valence-corrected chi connectivity index (χ4v) is 4.74. The summed E-state index contributed by atoms with van der Waals surface area (Å²) in [6.07, 6.45) is 3.60. The van der Waals surface area contributed by atoms with Crippen LogP contribution in [0.25, 0.3) is 16.9 Å². The van der Waals surface area contributed by atoms with E-state index in [0.717, 1.165) is 43.7 Å². The lowest BCUT2D eigenvalue weighted by Gasteiger charge is -2.28. The summed E-state index contributed by atoms with van der Waals surface area (Å²) in [4.78, 5) is 22.1. The van der Waals surface area contributed by atoms with Crippen LogP contribution >= 0.6 is 0 Å². The quantitative estimate of drug-likeness (QED) is 0.435. The molecule has 0 N–H and O–H groups in total. The average Bonchev–Trinajstić information content (AvgIpc) is 3.47. The van der Waals surface area contributed by atoms with Crippen molar-refractivity contribution in [2.45, 2.75) is 66.3 Å². The van der Waals surface area contributed by atoms with Crippen LogP contribution in [0.15, 0.2) is 30.3 Å². The lowest BCUT2D eigenvalue weighted by molar-refractivity contribution is 0.0682. The number of rotatable bonds is 8. The van der Waals surface area contributed by atoms with Gasteiger partial charge < -0.3 is 9.80 Å². The van der Waals surface area contributed by atoms with Crippen LogP contribution in [0.5, 0.6) is 0 Å². The molecule has 7 heteroatoms. The Morgan fingerprint density at radius 2 is 2.03 bits per heavy atom. The zero-order chi connectivity index (χ0) is 24.4. The maximum absolute atomic E-state index is 15.2. The molecule has 1 fully saturated rings. The zero-order valence-corrected chi connectivity index (χ0v) is 21.0. The second-order valence-electron chi connectivity index (χ2n) is 9.55. The Balaban J connectivity index is 1.69. The van der Waals surface area contributed by atoms with Crippen molar-refractivity contribution in [3.8, 4) is 11.3 Å². The van der Waals surface area contributed by atoms with Gasteiger partial charge in [-0.05, 0) is 62.8 Å². The number of aryl methyl sites for hydroxylation is 1. The number of carbonyl (C=O) groups is 1. The minimum atomic E-state index is -0.291. The Hall–Kier alpha value is -2.96. The molecule has 34 heavy (non-hydrogen) atoms. The van der Waals surface area contributed by atoms with Crippen LogP contribution in [0, 0.1) is 11.7 Å². The molecule has 0 aliphatic carbocycles. The molecule has 2 atom stereocenters. The van der Waals surface area contributed by atoms with E-state index in [4.69, 9.17) is 0 Å². The van der Waals surface area contributed by atoms with Gasteiger partial charge in [0.1, 0.15) is 11.5 Å². The summed E-state index contributed by atoms with van der Waals surface area (Å²) in [5.74, 6) is 0.275. The van der Waals surface area contributed by atoms with Crippen molar-refractivity contribution in [2.75, 3.05) is 24.5 Å². The smallest absolute Gasteiger partial charge is 0.272 e. The van der Waals surface area contributed by atoms with Gasteiger partial charge in [0.05, 0.1) is 5.69 Å². The molecule has 1 aliphatic rings. The Morgan fingerprint density at radius 1 is 1.24 bits per heavy atom. The summed E-state index contributed by atoms with van der Waals surface area (Å²) >= 11 is 0. The van der Waals surface area contributed by atoms with Gasteiger partial charge in [-0.1, -0.05) is 27.7 Å². The van der Waals surface area contributed by atoms with Crippen molar-refractivity contribution in [1.29, 1.82) is 0 Å². The molecule has 3 aromatic rings. The molecular formula is C27H36FN5O. The fourth-order valence-electron chi connectivity index (χ4n) is 4.74. The molecule has 1 saturated heterocycles. The maximum Gasteiger partial charge on any atom is 0.272 e. The first kappa shape index (κ1) is 24.2. The predicted octanol–water partition coefficient (Wildman–Crippen LogP) is 5.59. The van der Waals surface area contributed by atoms with Gasteiger partial charge in [-0.2, -0.15) is 5.10 Å². The summed E-state index contributed by atoms with van der Waals surface area (Å²) in [5.41, 5.74) is 3.75. The first-order valence-electron chi connectivity index (χ1n) is 12.6. The van der Waals surface area contributed by atoms with Gasteiger partial charge in [-0.3, -0.25) is 4.79 Å². The maximum atomic E-state index is 15.2.